The van der Waals surface area contributed by atoms with Gasteiger partial charge in [-0.3, -0.25) is 4.40 Å². The van der Waals surface area contributed by atoms with Crippen molar-refractivity contribution >= 4 is 11.5 Å². The topological polar surface area (TPSA) is 91.8 Å². The minimum absolute atomic E-state index is 0.513. The lowest BCUT2D eigenvalue weighted by molar-refractivity contribution is 0.858. The highest BCUT2D eigenvalue weighted by atomic mass is 15.2. The molecule has 22 heavy (non-hydrogen) atoms. The van der Waals surface area contributed by atoms with Crippen LogP contribution < -0.4 is 5.32 Å². The molecule has 0 spiro atoms. The van der Waals surface area contributed by atoms with Crippen molar-refractivity contribution in [1.29, 1.82) is 5.26 Å². The molecule has 0 unspecified atom stereocenters. The predicted molar refractivity (Wildman–Crippen MR) is 81.4 cm³/mol. The summed E-state index contributed by atoms with van der Waals surface area (Å²) < 4.78 is 1.94. The molecule has 3 aromatic heterocycles. The lowest BCUT2D eigenvalue weighted by Gasteiger charge is -2.08. The number of hydrogen-bond acceptors (Lipinski definition) is 6. The molecule has 3 rings (SSSR count). The molecule has 1 N–H and O–H groups in total. The van der Waals surface area contributed by atoms with Crippen molar-refractivity contribution in [2.24, 2.45) is 0 Å². The van der Waals surface area contributed by atoms with Crippen molar-refractivity contribution in [3.8, 4) is 6.07 Å². The third-order valence-electron chi connectivity index (χ3n) is 3.59. The van der Waals surface area contributed by atoms with Crippen molar-refractivity contribution in [1.82, 2.24) is 24.8 Å². The van der Waals surface area contributed by atoms with Crippen molar-refractivity contribution in [3.63, 3.8) is 0 Å². The molecule has 110 valence electrons. The number of pyridine rings is 1. The number of nitrogens with zero attached hydrogens (tertiary/aromatic N) is 6. The maximum absolute atomic E-state index is 9.26. The van der Waals surface area contributed by atoms with Crippen molar-refractivity contribution in [2.45, 2.75) is 20.3 Å². The molecule has 0 atom stereocenters. The Morgan fingerprint density at radius 3 is 2.86 bits per heavy atom. The van der Waals surface area contributed by atoms with Crippen LogP contribution in [0.1, 0.15) is 22.6 Å². The van der Waals surface area contributed by atoms with Gasteiger partial charge in [0.25, 0.3) is 0 Å². The highest BCUT2D eigenvalue weighted by Gasteiger charge is 2.11. The molecule has 3 heterocycles. The molecule has 0 saturated heterocycles. The standard InChI is InChI=1S/C15H15N7/c1-10-11(2)18-21-15(12(10)9-16)17-7-6-14-20-19-13-5-3-4-8-22(13)14/h3-5,8H,6-7H2,1-2H3,(H,17,21). The van der Waals surface area contributed by atoms with E-state index in [9.17, 15) is 5.26 Å². The molecule has 0 radical (unpaired) electrons. The molecular weight excluding hydrogens is 278 g/mol. The van der Waals surface area contributed by atoms with E-state index in [1.165, 1.54) is 0 Å². The van der Waals surface area contributed by atoms with Crippen LogP contribution in [-0.4, -0.2) is 31.3 Å². The van der Waals surface area contributed by atoms with E-state index in [4.69, 9.17) is 0 Å². The smallest absolute Gasteiger partial charge is 0.166 e. The molecule has 7 nitrogen and oxygen atoms in total. The summed E-state index contributed by atoms with van der Waals surface area (Å²) in [5.74, 6) is 1.37. The predicted octanol–water partition coefficient (Wildman–Crippen LogP) is 1.66. The lowest BCUT2D eigenvalue weighted by Crippen LogP contribution is -2.12. The molecule has 0 fully saturated rings. The summed E-state index contributed by atoms with van der Waals surface area (Å²) >= 11 is 0. The van der Waals surface area contributed by atoms with Crippen LogP contribution in [0, 0.1) is 25.2 Å². The Labute approximate surface area is 127 Å². The van der Waals surface area contributed by atoms with E-state index >= 15 is 0 Å². The van der Waals surface area contributed by atoms with Crippen LogP contribution in [0.2, 0.25) is 0 Å². The maximum Gasteiger partial charge on any atom is 0.166 e. The summed E-state index contributed by atoms with van der Waals surface area (Å²) in [5, 5.41) is 28.8. The Balaban J connectivity index is 1.74. The number of hydrogen-bond donors (Lipinski definition) is 1. The zero-order valence-corrected chi connectivity index (χ0v) is 12.4. The van der Waals surface area contributed by atoms with Gasteiger partial charge in [0.2, 0.25) is 0 Å². The third kappa shape index (κ3) is 2.46. The number of nitriles is 1. The van der Waals surface area contributed by atoms with Gasteiger partial charge >= 0.3 is 0 Å². The largest absolute Gasteiger partial charge is 0.367 e. The summed E-state index contributed by atoms with van der Waals surface area (Å²) in [6.07, 6.45) is 2.60. The van der Waals surface area contributed by atoms with E-state index < -0.39 is 0 Å². The summed E-state index contributed by atoms with van der Waals surface area (Å²) in [7, 11) is 0. The summed E-state index contributed by atoms with van der Waals surface area (Å²) in [4.78, 5) is 0. The van der Waals surface area contributed by atoms with Gasteiger partial charge in [0.1, 0.15) is 17.5 Å². The van der Waals surface area contributed by atoms with E-state index in [0.29, 0.717) is 24.3 Å². The molecule has 0 aromatic carbocycles. The van der Waals surface area contributed by atoms with Gasteiger partial charge in [0, 0.05) is 19.2 Å². The van der Waals surface area contributed by atoms with Gasteiger partial charge in [-0.05, 0) is 31.5 Å². The fourth-order valence-corrected chi connectivity index (χ4v) is 2.22. The Morgan fingerprint density at radius 1 is 1.18 bits per heavy atom. The van der Waals surface area contributed by atoms with Gasteiger partial charge in [0.15, 0.2) is 11.5 Å². The summed E-state index contributed by atoms with van der Waals surface area (Å²) in [6.45, 7) is 4.32. The zero-order valence-electron chi connectivity index (χ0n) is 12.4. The van der Waals surface area contributed by atoms with Gasteiger partial charge < -0.3 is 5.32 Å². The highest BCUT2D eigenvalue weighted by molar-refractivity contribution is 5.55. The SMILES string of the molecule is Cc1nnc(NCCc2nnc3ccccn23)c(C#N)c1C. The van der Waals surface area contributed by atoms with Crippen LogP contribution in [0.5, 0.6) is 0 Å². The molecule has 0 aliphatic carbocycles. The van der Waals surface area contributed by atoms with E-state index in [1.807, 2.05) is 42.6 Å². The first-order valence-electron chi connectivity index (χ1n) is 6.97. The Morgan fingerprint density at radius 2 is 2.05 bits per heavy atom. The Bertz CT molecular complexity index is 860. The minimum Gasteiger partial charge on any atom is -0.367 e. The number of anilines is 1. The van der Waals surface area contributed by atoms with Crippen LogP contribution in [0.25, 0.3) is 5.65 Å². The van der Waals surface area contributed by atoms with Crippen LogP contribution >= 0.6 is 0 Å². The monoisotopic (exact) mass is 293 g/mol. The fourth-order valence-electron chi connectivity index (χ4n) is 2.22. The second-order valence-corrected chi connectivity index (χ2v) is 4.97. The van der Waals surface area contributed by atoms with Crippen LogP contribution in [0.15, 0.2) is 24.4 Å². The minimum atomic E-state index is 0.513. The van der Waals surface area contributed by atoms with Gasteiger partial charge in [-0.15, -0.1) is 15.3 Å². The average Bonchev–Trinajstić information content (AvgIpc) is 2.94. The first kappa shape index (κ1) is 13.9. The Kier molecular flexibility index (Phi) is 3.66. The van der Waals surface area contributed by atoms with Crippen molar-refractivity contribution < 1.29 is 0 Å². The molecule has 0 saturated carbocycles. The molecule has 0 bridgehead atoms. The molecule has 3 aromatic rings. The van der Waals surface area contributed by atoms with Crippen LogP contribution in [0.4, 0.5) is 5.82 Å². The molecular formula is C15H15N7. The van der Waals surface area contributed by atoms with Crippen LogP contribution in [0.3, 0.4) is 0 Å². The Hall–Kier alpha value is -3.01. The first-order valence-corrected chi connectivity index (χ1v) is 6.97. The van der Waals surface area contributed by atoms with E-state index in [0.717, 1.165) is 22.7 Å². The molecule has 7 heteroatoms. The molecule has 0 aliphatic rings. The van der Waals surface area contributed by atoms with Gasteiger partial charge in [-0.1, -0.05) is 6.07 Å². The van der Waals surface area contributed by atoms with Crippen LogP contribution in [-0.2, 0) is 6.42 Å². The van der Waals surface area contributed by atoms with E-state index in [2.05, 4.69) is 31.8 Å². The first-order chi connectivity index (χ1) is 10.7. The summed E-state index contributed by atoms with van der Waals surface area (Å²) in [5.41, 5.74) is 2.98. The number of nitrogens with one attached hydrogen (secondary N) is 1. The number of aryl methyl sites for hydroxylation is 1. The summed E-state index contributed by atoms with van der Waals surface area (Å²) in [6, 6.07) is 7.96. The lowest BCUT2D eigenvalue weighted by atomic mass is 10.1. The van der Waals surface area contributed by atoms with Gasteiger partial charge in [-0.2, -0.15) is 10.4 Å². The number of rotatable bonds is 4. The van der Waals surface area contributed by atoms with E-state index in [1.54, 1.807) is 0 Å². The normalized spacial score (nSPS) is 10.6. The second-order valence-electron chi connectivity index (χ2n) is 4.97. The number of fused-ring (bicyclic) bond motifs is 1. The van der Waals surface area contributed by atoms with Crippen molar-refractivity contribution in [3.05, 3.63) is 47.0 Å². The highest BCUT2D eigenvalue weighted by Crippen LogP contribution is 2.16. The molecule has 0 amide bonds. The number of aromatic nitrogens is 5. The maximum atomic E-state index is 9.26. The van der Waals surface area contributed by atoms with Crippen molar-refractivity contribution in [2.75, 3.05) is 11.9 Å². The quantitative estimate of drug-likeness (QED) is 0.786. The zero-order chi connectivity index (χ0) is 15.5. The average molecular weight is 293 g/mol. The van der Waals surface area contributed by atoms with E-state index in [-0.39, 0.29) is 0 Å². The fraction of sp³-hybridized carbons (Fsp3) is 0.267. The molecule has 0 aliphatic heterocycles. The second kappa shape index (κ2) is 5.77. The third-order valence-corrected chi connectivity index (χ3v) is 3.59. The van der Waals surface area contributed by atoms with Gasteiger partial charge in [-0.25, -0.2) is 0 Å². The van der Waals surface area contributed by atoms with Gasteiger partial charge in [0.05, 0.1) is 5.69 Å².